The van der Waals surface area contributed by atoms with Crippen LogP contribution in [0.3, 0.4) is 0 Å². The number of ketones is 1. The second kappa shape index (κ2) is 14.2. The van der Waals surface area contributed by atoms with Crippen molar-refractivity contribution in [3.05, 3.63) is 66.0 Å². The van der Waals surface area contributed by atoms with E-state index in [1.807, 2.05) is 36.1 Å². The van der Waals surface area contributed by atoms with Crippen molar-refractivity contribution in [1.29, 1.82) is 0 Å². The molecular formula is C26H36FNO5. The van der Waals surface area contributed by atoms with Gasteiger partial charge in [-0.15, -0.1) is 0 Å². The van der Waals surface area contributed by atoms with Gasteiger partial charge in [0, 0.05) is 31.4 Å². The number of β-amino-alcohol motifs (C(OH)–C–C–N with tert-alkyl or cyclic N) is 1. The Labute approximate surface area is 195 Å². The van der Waals surface area contributed by atoms with Gasteiger partial charge in [-0.2, -0.15) is 0 Å². The first-order valence-electron chi connectivity index (χ1n) is 11.5. The summed E-state index contributed by atoms with van der Waals surface area (Å²) in [7, 11) is 0. The van der Waals surface area contributed by atoms with E-state index in [1.165, 1.54) is 6.07 Å². The first-order valence-corrected chi connectivity index (χ1v) is 11.5. The van der Waals surface area contributed by atoms with Crippen LogP contribution in [0.25, 0.3) is 5.57 Å². The number of likely N-dealkylation sites (tertiary alicyclic amines) is 1. The van der Waals surface area contributed by atoms with Gasteiger partial charge in [-0.25, -0.2) is 4.39 Å². The molecule has 6 nitrogen and oxygen atoms in total. The summed E-state index contributed by atoms with van der Waals surface area (Å²) in [4.78, 5) is 13.7. The fourth-order valence-electron chi connectivity index (χ4n) is 4.00. The van der Waals surface area contributed by atoms with Crippen molar-refractivity contribution in [2.75, 3.05) is 26.3 Å². The minimum atomic E-state index is -1.27. The first-order chi connectivity index (χ1) is 15.9. The lowest BCUT2D eigenvalue weighted by molar-refractivity contribution is -0.149. The zero-order chi connectivity index (χ0) is 24.2. The Morgan fingerprint density at radius 2 is 2.09 bits per heavy atom. The van der Waals surface area contributed by atoms with Crippen LogP contribution in [0.15, 0.2) is 49.1 Å². The molecule has 1 fully saturated rings. The molecule has 0 spiro atoms. The third kappa shape index (κ3) is 7.98. The molecule has 0 bridgehead atoms. The van der Waals surface area contributed by atoms with E-state index in [2.05, 4.69) is 6.58 Å². The van der Waals surface area contributed by atoms with Crippen LogP contribution in [-0.4, -0.2) is 70.6 Å². The smallest absolute Gasteiger partial charge is 0.192 e. The first kappa shape index (κ1) is 27.1. The van der Waals surface area contributed by atoms with Crippen molar-refractivity contribution in [2.45, 2.75) is 57.5 Å². The molecule has 1 aliphatic heterocycles. The Bertz CT molecular complexity index is 838. The average Bonchev–Trinajstić information content (AvgIpc) is 2.80. The van der Waals surface area contributed by atoms with Gasteiger partial charge < -0.3 is 20.1 Å². The summed E-state index contributed by atoms with van der Waals surface area (Å²) in [6.45, 7) is 7.16. The summed E-state index contributed by atoms with van der Waals surface area (Å²) >= 11 is 0. The molecule has 0 unspecified atom stereocenters. The van der Waals surface area contributed by atoms with Crippen LogP contribution in [0.4, 0.5) is 4.39 Å². The van der Waals surface area contributed by atoms with E-state index in [0.29, 0.717) is 25.3 Å². The molecule has 3 N–H and O–H groups in total. The predicted octanol–water partition coefficient (Wildman–Crippen LogP) is 3.02. The van der Waals surface area contributed by atoms with Crippen LogP contribution < -0.4 is 0 Å². The quantitative estimate of drug-likeness (QED) is 0.309. The Balaban J connectivity index is 1.73. The van der Waals surface area contributed by atoms with Gasteiger partial charge in [-0.3, -0.25) is 9.69 Å². The number of aliphatic hydroxyl groups is 3. The van der Waals surface area contributed by atoms with Crippen molar-refractivity contribution < 1.29 is 29.2 Å². The molecule has 0 amide bonds. The van der Waals surface area contributed by atoms with Gasteiger partial charge in [-0.1, -0.05) is 43.0 Å². The minimum absolute atomic E-state index is 0.127. The summed E-state index contributed by atoms with van der Waals surface area (Å²) in [5.41, 5.74) is 1.98. The molecule has 1 heterocycles. The van der Waals surface area contributed by atoms with Gasteiger partial charge >= 0.3 is 0 Å². The summed E-state index contributed by atoms with van der Waals surface area (Å²) < 4.78 is 20.2. The van der Waals surface area contributed by atoms with Crippen molar-refractivity contribution >= 4 is 11.4 Å². The molecule has 0 aliphatic carbocycles. The van der Waals surface area contributed by atoms with E-state index in [1.54, 1.807) is 12.1 Å². The van der Waals surface area contributed by atoms with Gasteiger partial charge in [0.1, 0.15) is 18.0 Å². The van der Waals surface area contributed by atoms with Gasteiger partial charge in [-0.05, 0) is 56.4 Å². The van der Waals surface area contributed by atoms with Gasteiger partial charge in [0.15, 0.2) is 5.78 Å². The molecule has 1 aromatic rings. The summed E-state index contributed by atoms with van der Waals surface area (Å²) in [5.74, 6) is -0.884. The van der Waals surface area contributed by atoms with E-state index in [4.69, 9.17) is 4.74 Å². The number of piperidine rings is 1. The van der Waals surface area contributed by atoms with Crippen LogP contribution in [0, 0.1) is 5.82 Å². The Hall–Kier alpha value is -2.16. The van der Waals surface area contributed by atoms with E-state index in [9.17, 15) is 24.5 Å². The molecule has 33 heavy (non-hydrogen) atoms. The summed E-state index contributed by atoms with van der Waals surface area (Å²) in [5, 5.41) is 29.1. The van der Waals surface area contributed by atoms with Crippen molar-refractivity contribution in [2.24, 2.45) is 0 Å². The molecule has 2 rings (SSSR count). The number of benzene rings is 1. The fourth-order valence-corrected chi connectivity index (χ4v) is 4.00. The molecule has 0 saturated carbocycles. The maximum absolute atomic E-state index is 14.5. The summed E-state index contributed by atoms with van der Waals surface area (Å²) in [6.07, 6.45) is 7.49. The van der Waals surface area contributed by atoms with Crippen LogP contribution >= 0.6 is 0 Å². The lowest BCUT2D eigenvalue weighted by Gasteiger charge is -2.40. The maximum Gasteiger partial charge on any atom is 0.192 e. The number of carbonyl (C=O) groups is 1. The highest BCUT2D eigenvalue weighted by molar-refractivity contribution is 5.88. The zero-order valence-electron chi connectivity index (χ0n) is 19.3. The standard InChI is InChI=1S/C26H36FNO5/c1-3-5-9-20(4-2)21-11-10-19(16-22(21)27)18-33-15-8-6-7-13-28-17-24(30)26(32)25(31)23(28)12-14-29/h3-5,9-11,16,23-25,29-31H,2,6-8,12-15,17-18H2,1H3/b5-3-,20-9+/t23-,24-,25+/m0/s1. The lowest BCUT2D eigenvalue weighted by atomic mass is 9.93. The predicted molar refractivity (Wildman–Crippen MR) is 127 cm³/mol. The monoisotopic (exact) mass is 461 g/mol. The molecule has 1 aromatic carbocycles. The Morgan fingerprint density at radius 1 is 1.30 bits per heavy atom. The third-order valence-electron chi connectivity index (χ3n) is 5.82. The van der Waals surface area contributed by atoms with Gasteiger partial charge in [0.2, 0.25) is 0 Å². The van der Waals surface area contributed by atoms with Crippen molar-refractivity contribution in [3.63, 3.8) is 0 Å². The average molecular weight is 462 g/mol. The van der Waals surface area contributed by atoms with Crippen LogP contribution in [-0.2, 0) is 16.1 Å². The van der Waals surface area contributed by atoms with Crippen LogP contribution in [0.2, 0.25) is 0 Å². The molecular weight excluding hydrogens is 425 g/mol. The molecule has 182 valence electrons. The number of hydrogen-bond donors (Lipinski definition) is 3. The number of ether oxygens (including phenoxy) is 1. The highest BCUT2D eigenvalue weighted by Gasteiger charge is 2.40. The van der Waals surface area contributed by atoms with Crippen molar-refractivity contribution in [3.8, 4) is 0 Å². The van der Waals surface area contributed by atoms with E-state index in [-0.39, 0.29) is 25.4 Å². The number of hydrogen-bond acceptors (Lipinski definition) is 6. The number of nitrogens with zero attached hydrogens (tertiary/aromatic N) is 1. The molecule has 7 heteroatoms. The van der Waals surface area contributed by atoms with Gasteiger partial charge in [0.25, 0.3) is 0 Å². The number of Topliss-reactive ketones (excluding diaryl/α,β-unsaturated/α-hetero) is 1. The normalized spacial score (nSPS) is 22.3. The topological polar surface area (TPSA) is 90.2 Å². The largest absolute Gasteiger partial charge is 0.396 e. The highest BCUT2D eigenvalue weighted by atomic mass is 19.1. The SMILES string of the molecule is C=C/C(=C\C=C/C)c1ccc(COCCCCCN2C[C@H](O)C(=O)[C@H](O)[C@@H]2CCO)cc1F. The maximum atomic E-state index is 14.5. The second-order valence-corrected chi connectivity index (χ2v) is 8.22. The molecule has 1 aliphatic rings. The molecule has 0 radical (unpaired) electrons. The number of aliphatic hydroxyl groups excluding tert-OH is 3. The van der Waals surface area contributed by atoms with Crippen LogP contribution in [0.1, 0.15) is 43.7 Å². The van der Waals surface area contributed by atoms with Crippen LogP contribution in [0.5, 0.6) is 0 Å². The lowest BCUT2D eigenvalue weighted by Crippen LogP contribution is -2.59. The van der Waals surface area contributed by atoms with E-state index >= 15 is 0 Å². The van der Waals surface area contributed by atoms with E-state index in [0.717, 1.165) is 30.4 Å². The number of carbonyl (C=O) groups excluding carboxylic acids is 1. The molecule has 0 aromatic heterocycles. The highest BCUT2D eigenvalue weighted by Crippen LogP contribution is 2.22. The molecule has 1 saturated heterocycles. The zero-order valence-corrected chi connectivity index (χ0v) is 19.3. The van der Waals surface area contributed by atoms with E-state index < -0.39 is 24.0 Å². The molecule has 3 atom stereocenters. The number of allylic oxidation sites excluding steroid dienone is 5. The number of halogens is 1. The second-order valence-electron chi connectivity index (χ2n) is 8.22. The third-order valence-corrected chi connectivity index (χ3v) is 5.82. The number of unbranched alkanes of at least 4 members (excludes halogenated alkanes) is 2. The Kier molecular flexibility index (Phi) is 11.6. The van der Waals surface area contributed by atoms with Gasteiger partial charge in [0.05, 0.1) is 6.61 Å². The fraction of sp³-hybridized carbons (Fsp3) is 0.500. The summed E-state index contributed by atoms with van der Waals surface area (Å²) in [6, 6.07) is 4.60. The van der Waals surface area contributed by atoms with Crippen molar-refractivity contribution in [1.82, 2.24) is 4.90 Å². The minimum Gasteiger partial charge on any atom is -0.396 e. The number of rotatable bonds is 13. The Morgan fingerprint density at radius 3 is 2.76 bits per heavy atom.